The average Bonchev–Trinajstić information content (AvgIpc) is 2.91. The van der Waals surface area contributed by atoms with E-state index in [4.69, 9.17) is 5.73 Å². The number of fused-ring (bicyclic) bond motifs is 1. The van der Waals surface area contributed by atoms with Gasteiger partial charge in [-0.3, -0.25) is 4.79 Å². The van der Waals surface area contributed by atoms with Gasteiger partial charge in [-0.15, -0.1) is 0 Å². The number of thiophene rings is 1. The highest BCUT2D eigenvalue weighted by atomic mass is 32.1. The molecule has 1 aromatic heterocycles. The fourth-order valence-corrected chi connectivity index (χ4v) is 4.37. The molecule has 4 rings (SSSR count). The van der Waals surface area contributed by atoms with E-state index in [1.165, 1.54) is 11.1 Å². The van der Waals surface area contributed by atoms with Crippen molar-refractivity contribution in [1.29, 1.82) is 0 Å². The first-order valence-electron chi connectivity index (χ1n) is 7.34. The number of nitrogens with two attached hydrogens (primary N) is 1. The van der Waals surface area contributed by atoms with E-state index in [0.29, 0.717) is 12.5 Å². The Morgan fingerprint density at radius 3 is 2.52 bits per heavy atom. The maximum Gasteiger partial charge on any atom is 0.234 e. The molecule has 0 radical (unpaired) electrons. The van der Waals surface area contributed by atoms with Crippen LogP contribution >= 0.6 is 11.3 Å². The molecule has 0 saturated heterocycles. The molecule has 1 amide bonds. The van der Waals surface area contributed by atoms with Crippen molar-refractivity contribution in [3.8, 4) is 0 Å². The summed E-state index contributed by atoms with van der Waals surface area (Å²) in [5, 5.41) is 4.16. The van der Waals surface area contributed by atoms with Crippen LogP contribution in [0.3, 0.4) is 0 Å². The summed E-state index contributed by atoms with van der Waals surface area (Å²) in [5.74, 6) is 0.552. The molecule has 0 spiro atoms. The molecule has 1 aliphatic carbocycles. The minimum absolute atomic E-state index is 0.257. The van der Waals surface area contributed by atoms with E-state index in [0.717, 1.165) is 25.1 Å². The molecule has 0 bridgehead atoms. The average molecular weight is 298 g/mol. The van der Waals surface area contributed by atoms with Gasteiger partial charge in [-0.2, -0.15) is 11.3 Å². The van der Waals surface area contributed by atoms with Crippen LogP contribution in [0.15, 0.2) is 41.1 Å². The third kappa shape index (κ3) is 1.86. The summed E-state index contributed by atoms with van der Waals surface area (Å²) >= 11 is 1.65. The number of carbonyl (C=O) groups excluding carboxylic acids is 1. The predicted octanol–water partition coefficient (Wildman–Crippen LogP) is 2.51. The lowest BCUT2D eigenvalue weighted by molar-refractivity contribution is -0.135. The van der Waals surface area contributed by atoms with Gasteiger partial charge in [-0.1, -0.05) is 24.3 Å². The SMILES string of the molecule is NC[C@@H]1C[C@@]1(C(=O)N1Cc2ccccc2C1)c1ccsc1. The quantitative estimate of drug-likeness (QED) is 0.946. The Balaban J connectivity index is 1.63. The van der Waals surface area contributed by atoms with Crippen molar-refractivity contribution in [1.82, 2.24) is 4.90 Å². The topological polar surface area (TPSA) is 46.3 Å². The third-order valence-electron chi connectivity index (χ3n) is 4.94. The molecule has 2 heterocycles. The van der Waals surface area contributed by atoms with Gasteiger partial charge in [0.2, 0.25) is 5.91 Å². The van der Waals surface area contributed by atoms with Gasteiger partial charge in [-0.05, 0) is 52.4 Å². The monoisotopic (exact) mass is 298 g/mol. The molecule has 1 saturated carbocycles. The summed E-state index contributed by atoms with van der Waals surface area (Å²) in [5.41, 5.74) is 9.22. The summed E-state index contributed by atoms with van der Waals surface area (Å²) in [4.78, 5) is 15.1. The minimum atomic E-state index is -0.350. The largest absolute Gasteiger partial charge is 0.333 e. The highest BCUT2D eigenvalue weighted by Crippen LogP contribution is 2.56. The lowest BCUT2D eigenvalue weighted by Gasteiger charge is -2.23. The molecule has 1 aromatic carbocycles. The van der Waals surface area contributed by atoms with Gasteiger partial charge in [-0.25, -0.2) is 0 Å². The Hall–Kier alpha value is -1.65. The summed E-state index contributed by atoms with van der Waals surface area (Å²) in [6.07, 6.45) is 0.895. The zero-order valence-corrected chi connectivity index (χ0v) is 12.6. The Kier molecular flexibility index (Phi) is 2.91. The number of carbonyl (C=O) groups is 1. The van der Waals surface area contributed by atoms with Crippen molar-refractivity contribution < 1.29 is 4.79 Å². The normalized spacial score (nSPS) is 26.7. The Labute approximate surface area is 128 Å². The van der Waals surface area contributed by atoms with Gasteiger partial charge >= 0.3 is 0 Å². The first kappa shape index (κ1) is 13.0. The van der Waals surface area contributed by atoms with Crippen LogP contribution in [0.4, 0.5) is 0 Å². The molecule has 1 aliphatic heterocycles. The second kappa shape index (κ2) is 4.68. The summed E-state index contributed by atoms with van der Waals surface area (Å²) in [6, 6.07) is 10.4. The number of benzene rings is 1. The Morgan fingerprint density at radius 2 is 2.00 bits per heavy atom. The standard InChI is InChI=1S/C17H18N2OS/c18-8-15-7-17(15,14-5-6-21-11-14)16(20)19-9-12-3-1-2-4-13(12)10-19/h1-6,11,15H,7-10,18H2/t15-,17+/m0/s1. The maximum atomic E-state index is 13.1. The third-order valence-corrected chi connectivity index (χ3v) is 5.62. The second-order valence-corrected chi connectivity index (χ2v) is 6.83. The second-order valence-electron chi connectivity index (χ2n) is 6.05. The van der Waals surface area contributed by atoms with E-state index < -0.39 is 0 Å². The van der Waals surface area contributed by atoms with Gasteiger partial charge in [0.15, 0.2) is 0 Å². The lowest BCUT2D eigenvalue weighted by atomic mass is 9.94. The number of rotatable bonds is 3. The summed E-state index contributed by atoms with van der Waals surface area (Å²) < 4.78 is 0. The van der Waals surface area contributed by atoms with Crippen LogP contribution in [0.5, 0.6) is 0 Å². The van der Waals surface area contributed by atoms with Crippen molar-refractivity contribution in [2.75, 3.05) is 6.54 Å². The number of nitrogens with zero attached hydrogens (tertiary/aromatic N) is 1. The van der Waals surface area contributed by atoms with E-state index in [9.17, 15) is 4.79 Å². The van der Waals surface area contributed by atoms with E-state index in [-0.39, 0.29) is 11.3 Å². The zero-order chi connectivity index (χ0) is 14.4. The van der Waals surface area contributed by atoms with Gasteiger partial charge in [0.05, 0.1) is 5.41 Å². The molecule has 108 valence electrons. The molecule has 4 heteroatoms. The van der Waals surface area contributed by atoms with Gasteiger partial charge in [0.25, 0.3) is 0 Å². The van der Waals surface area contributed by atoms with Crippen LogP contribution in [-0.4, -0.2) is 17.4 Å². The molecule has 3 nitrogen and oxygen atoms in total. The Bertz CT molecular complexity index is 657. The first-order chi connectivity index (χ1) is 10.3. The molecule has 1 fully saturated rings. The van der Waals surface area contributed by atoms with Crippen molar-refractivity contribution >= 4 is 17.2 Å². The van der Waals surface area contributed by atoms with Crippen LogP contribution in [0.1, 0.15) is 23.1 Å². The molecule has 2 N–H and O–H groups in total. The van der Waals surface area contributed by atoms with Crippen LogP contribution in [-0.2, 0) is 23.3 Å². The lowest BCUT2D eigenvalue weighted by Crippen LogP contribution is -2.37. The highest BCUT2D eigenvalue weighted by molar-refractivity contribution is 7.08. The van der Waals surface area contributed by atoms with Crippen LogP contribution in [0.2, 0.25) is 0 Å². The molecule has 0 unspecified atom stereocenters. The highest BCUT2D eigenvalue weighted by Gasteiger charge is 2.61. The summed E-state index contributed by atoms with van der Waals surface area (Å²) in [7, 11) is 0. The Morgan fingerprint density at radius 1 is 1.29 bits per heavy atom. The maximum absolute atomic E-state index is 13.1. The molecule has 2 aromatic rings. The van der Waals surface area contributed by atoms with E-state index >= 15 is 0 Å². The van der Waals surface area contributed by atoms with E-state index in [1.54, 1.807) is 11.3 Å². The molecule has 2 atom stereocenters. The number of hydrogen-bond acceptors (Lipinski definition) is 3. The van der Waals surface area contributed by atoms with Gasteiger partial charge < -0.3 is 10.6 Å². The molecular formula is C17H18N2OS. The van der Waals surface area contributed by atoms with Crippen molar-refractivity contribution in [2.24, 2.45) is 11.7 Å². The van der Waals surface area contributed by atoms with E-state index in [2.05, 4.69) is 29.0 Å². The fourth-order valence-electron chi connectivity index (χ4n) is 3.63. The summed E-state index contributed by atoms with van der Waals surface area (Å²) in [6.45, 7) is 2.05. The van der Waals surface area contributed by atoms with Crippen LogP contribution in [0, 0.1) is 5.92 Å². The zero-order valence-electron chi connectivity index (χ0n) is 11.8. The van der Waals surface area contributed by atoms with Crippen molar-refractivity contribution in [2.45, 2.75) is 24.9 Å². The van der Waals surface area contributed by atoms with Crippen LogP contribution < -0.4 is 5.73 Å². The number of hydrogen-bond donors (Lipinski definition) is 1. The van der Waals surface area contributed by atoms with Crippen molar-refractivity contribution in [3.63, 3.8) is 0 Å². The first-order valence-corrected chi connectivity index (χ1v) is 8.29. The number of amides is 1. The fraction of sp³-hybridized carbons (Fsp3) is 0.353. The van der Waals surface area contributed by atoms with Crippen LogP contribution in [0.25, 0.3) is 0 Å². The molecule has 2 aliphatic rings. The van der Waals surface area contributed by atoms with Gasteiger partial charge in [0.1, 0.15) is 0 Å². The predicted molar refractivity (Wildman–Crippen MR) is 83.9 cm³/mol. The van der Waals surface area contributed by atoms with Crippen molar-refractivity contribution in [3.05, 3.63) is 57.8 Å². The molecular weight excluding hydrogens is 280 g/mol. The van der Waals surface area contributed by atoms with E-state index in [1.807, 2.05) is 17.0 Å². The van der Waals surface area contributed by atoms with Gasteiger partial charge in [0, 0.05) is 13.1 Å². The minimum Gasteiger partial charge on any atom is -0.333 e. The molecule has 21 heavy (non-hydrogen) atoms. The smallest absolute Gasteiger partial charge is 0.234 e.